The van der Waals surface area contributed by atoms with Gasteiger partial charge in [-0.3, -0.25) is 4.79 Å². The first-order valence-corrected chi connectivity index (χ1v) is 8.51. The predicted molar refractivity (Wildman–Crippen MR) is 77.5 cm³/mol. The zero-order valence-corrected chi connectivity index (χ0v) is 12.3. The number of carboxylic acid groups (broad SMARTS) is 1. The Morgan fingerprint density at radius 3 is 2.79 bits per heavy atom. The van der Waals surface area contributed by atoms with E-state index in [0.29, 0.717) is 12.5 Å². The number of rotatable bonds is 6. The van der Waals surface area contributed by atoms with Gasteiger partial charge in [0, 0.05) is 5.75 Å². The van der Waals surface area contributed by atoms with Crippen molar-refractivity contribution >= 4 is 17.7 Å². The Kier molecular flexibility index (Phi) is 5.54. The van der Waals surface area contributed by atoms with Gasteiger partial charge in [-0.15, -0.1) is 0 Å². The molecule has 2 rings (SSSR count). The smallest absolute Gasteiger partial charge is 0.320 e. The number of nitrogens with two attached hydrogens (primary N) is 1. The fourth-order valence-corrected chi connectivity index (χ4v) is 4.21. The molecule has 19 heavy (non-hydrogen) atoms. The first kappa shape index (κ1) is 15.1. The predicted octanol–water partition coefficient (Wildman–Crippen LogP) is 2.40. The summed E-state index contributed by atoms with van der Waals surface area (Å²) in [6, 6.07) is -0.721. The Morgan fingerprint density at radius 1 is 1.37 bits per heavy atom. The summed E-state index contributed by atoms with van der Waals surface area (Å²) in [5, 5.41) is 8.70. The normalized spacial score (nSPS) is 27.5. The van der Waals surface area contributed by atoms with Crippen LogP contribution in [-0.4, -0.2) is 40.3 Å². The Labute approximate surface area is 119 Å². The van der Waals surface area contributed by atoms with Crippen molar-refractivity contribution in [1.82, 2.24) is 0 Å². The molecule has 2 unspecified atom stereocenters. The highest BCUT2D eigenvalue weighted by atomic mass is 32.2. The van der Waals surface area contributed by atoms with Gasteiger partial charge < -0.3 is 15.6 Å². The molecule has 0 radical (unpaired) electrons. The van der Waals surface area contributed by atoms with E-state index in [1.807, 2.05) is 0 Å². The SMILES string of the molecule is NC(CCSCC1CCC2(CCCCC2)O1)C(=O)O. The molecule has 0 aromatic heterocycles. The van der Waals surface area contributed by atoms with Gasteiger partial charge in [-0.05, 0) is 37.9 Å². The fraction of sp³-hybridized carbons (Fsp3) is 0.929. The zero-order valence-electron chi connectivity index (χ0n) is 11.5. The van der Waals surface area contributed by atoms with Crippen LogP contribution in [0.4, 0.5) is 0 Å². The minimum atomic E-state index is -0.904. The Bertz CT molecular complexity index is 305. The van der Waals surface area contributed by atoms with Gasteiger partial charge in [0.1, 0.15) is 6.04 Å². The van der Waals surface area contributed by atoms with Crippen molar-refractivity contribution in [3.63, 3.8) is 0 Å². The van der Waals surface area contributed by atoms with Gasteiger partial charge in [0.05, 0.1) is 11.7 Å². The van der Waals surface area contributed by atoms with Crippen LogP contribution in [0.1, 0.15) is 51.4 Å². The number of carboxylic acids is 1. The van der Waals surface area contributed by atoms with Crippen LogP contribution in [0.5, 0.6) is 0 Å². The average Bonchev–Trinajstić information content (AvgIpc) is 2.78. The van der Waals surface area contributed by atoms with Gasteiger partial charge in [0.25, 0.3) is 0 Å². The van der Waals surface area contributed by atoms with Crippen LogP contribution in [0.15, 0.2) is 0 Å². The van der Waals surface area contributed by atoms with Gasteiger partial charge in [-0.2, -0.15) is 11.8 Å². The highest BCUT2D eigenvalue weighted by Gasteiger charge is 2.40. The molecule has 1 heterocycles. The Hall–Kier alpha value is -0.260. The summed E-state index contributed by atoms with van der Waals surface area (Å²) in [6.45, 7) is 0. The molecule has 4 nitrogen and oxygen atoms in total. The summed E-state index contributed by atoms with van der Waals surface area (Å²) in [7, 11) is 0. The lowest BCUT2D eigenvalue weighted by atomic mass is 9.83. The Morgan fingerprint density at radius 2 is 2.11 bits per heavy atom. The monoisotopic (exact) mass is 287 g/mol. The highest BCUT2D eigenvalue weighted by Crippen LogP contribution is 2.42. The molecule has 1 spiro atoms. The van der Waals surface area contributed by atoms with E-state index in [2.05, 4.69) is 0 Å². The van der Waals surface area contributed by atoms with E-state index in [0.717, 1.165) is 17.9 Å². The van der Waals surface area contributed by atoms with E-state index >= 15 is 0 Å². The molecule has 5 heteroatoms. The van der Waals surface area contributed by atoms with Gasteiger partial charge in [0.15, 0.2) is 0 Å². The van der Waals surface area contributed by atoms with Crippen molar-refractivity contribution in [3.05, 3.63) is 0 Å². The van der Waals surface area contributed by atoms with Crippen LogP contribution >= 0.6 is 11.8 Å². The fourth-order valence-electron chi connectivity index (χ4n) is 3.13. The summed E-state index contributed by atoms with van der Waals surface area (Å²) in [4.78, 5) is 10.6. The molecule has 0 aromatic carbocycles. The molecular weight excluding hydrogens is 262 g/mol. The molecule has 2 fully saturated rings. The third-order valence-electron chi connectivity index (χ3n) is 4.30. The van der Waals surface area contributed by atoms with Crippen LogP contribution in [0, 0.1) is 0 Å². The van der Waals surface area contributed by atoms with E-state index in [9.17, 15) is 4.79 Å². The summed E-state index contributed by atoms with van der Waals surface area (Å²) >= 11 is 1.78. The van der Waals surface area contributed by atoms with E-state index in [1.54, 1.807) is 11.8 Å². The van der Waals surface area contributed by atoms with E-state index in [4.69, 9.17) is 15.6 Å². The second-order valence-electron chi connectivity index (χ2n) is 5.83. The maximum atomic E-state index is 10.6. The topological polar surface area (TPSA) is 72.5 Å². The van der Waals surface area contributed by atoms with Gasteiger partial charge in [-0.25, -0.2) is 0 Å². The van der Waals surface area contributed by atoms with Crippen molar-refractivity contribution in [2.45, 2.75) is 69.1 Å². The van der Waals surface area contributed by atoms with Gasteiger partial charge in [-0.1, -0.05) is 19.3 Å². The van der Waals surface area contributed by atoms with Crippen LogP contribution in [-0.2, 0) is 9.53 Å². The van der Waals surface area contributed by atoms with Gasteiger partial charge >= 0.3 is 5.97 Å². The van der Waals surface area contributed by atoms with Crippen molar-refractivity contribution < 1.29 is 14.6 Å². The average molecular weight is 287 g/mol. The van der Waals surface area contributed by atoms with Crippen LogP contribution in [0.25, 0.3) is 0 Å². The van der Waals surface area contributed by atoms with Crippen LogP contribution < -0.4 is 5.73 Å². The van der Waals surface area contributed by atoms with Crippen molar-refractivity contribution in [2.24, 2.45) is 5.73 Å². The summed E-state index contributed by atoms with van der Waals surface area (Å²) < 4.78 is 6.28. The second kappa shape index (κ2) is 6.95. The lowest BCUT2D eigenvalue weighted by Crippen LogP contribution is -2.32. The molecule has 1 saturated heterocycles. The number of ether oxygens (including phenoxy) is 1. The molecule has 0 aromatic rings. The molecule has 1 saturated carbocycles. The molecular formula is C14H25NO3S. The molecule has 3 N–H and O–H groups in total. The van der Waals surface area contributed by atoms with Crippen LogP contribution in [0.3, 0.4) is 0 Å². The first-order chi connectivity index (χ1) is 9.11. The molecule has 0 amide bonds. The zero-order chi connectivity index (χ0) is 13.7. The molecule has 2 atom stereocenters. The minimum absolute atomic E-state index is 0.195. The second-order valence-corrected chi connectivity index (χ2v) is 6.98. The number of carbonyl (C=O) groups is 1. The lowest BCUT2D eigenvalue weighted by molar-refractivity contribution is -0.138. The number of thioether (sulfide) groups is 1. The minimum Gasteiger partial charge on any atom is -0.480 e. The molecule has 0 bridgehead atoms. The summed E-state index contributed by atoms with van der Waals surface area (Å²) in [6.07, 6.45) is 9.74. The third-order valence-corrected chi connectivity index (χ3v) is 5.43. The molecule has 110 valence electrons. The quantitative estimate of drug-likeness (QED) is 0.734. The third kappa shape index (κ3) is 4.36. The van der Waals surface area contributed by atoms with Gasteiger partial charge in [0.2, 0.25) is 0 Å². The van der Waals surface area contributed by atoms with E-state index < -0.39 is 12.0 Å². The lowest BCUT2D eigenvalue weighted by Gasteiger charge is -2.33. The summed E-state index contributed by atoms with van der Waals surface area (Å²) in [5.41, 5.74) is 5.67. The Balaban J connectivity index is 1.61. The highest BCUT2D eigenvalue weighted by molar-refractivity contribution is 7.99. The molecule has 1 aliphatic heterocycles. The number of hydrogen-bond acceptors (Lipinski definition) is 4. The van der Waals surface area contributed by atoms with Crippen molar-refractivity contribution in [1.29, 1.82) is 0 Å². The molecule has 2 aliphatic rings. The maximum Gasteiger partial charge on any atom is 0.320 e. The standard InChI is InChI=1S/C14H25NO3S/c15-12(13(16)17)5-9-19-10-11-4-8-14(18-11)6-2-1-3-7-14/h11-12H,1-10,15H2,(H,16,17). The number of aliphatic carboxylic acids is 1. The van der Waals surface area contributed by atoms with E-state index in [-0.39, 0.29) is 5.60 Å². The first-order valence-electron chi connectivity index (χ1n) is 7.35. The maximum absolute atomic E-state index is 10.6. The molecule has 1 aliphatic carbocycles. The largest absolute Gasteiger partial charge is 0.480 e. The van der Waals surface area contributed by atoms with E-state index in [1.165, 1.54) is 38.5 Å². The number of hydrogen-bond donors (Lipinski definition) is 2. The van der Waals surface area contributed by atoms with Crippen molar-refractivity contribution in [3.8, 4) is 0 Å². The van der Waals surface area contributed by atoms with Crippen molar-refractivity contribution in [2.75, 3.05) is 11.5 Å². The van der Waals surface area contributed by atoms with Crippen LogP contribution in [0.2, 0.25) is 0 Å². The summed E-state index contributed by atoms with van der Waals surface area (Å²) in [5.74, 6) is 0.882.